The zero-order valence-electron chi connectivity index (χ0n) is 11.4. The largest absolute Gasteiger partial charge is 0.444 e. The average molecular weight is 250 g/mol. The van der Waals surface area contributed by atoms with Gasteiger partial charge in [0.15, 0.2) is 0 Å². The molecular formula is C14H22N2O2. The van der Waals surface area contributed by atoms with E-state index in [1.807, 2.05) is 20.8 Å². The molecule has 100 valence electrons. The third-order valence-electron chi connectivity index (χ3n) is 3.92. The van der Waals surface area contributed by atoms with Gasteiger partial charge in [-0.05, 0) is 51.4 Å². The Morgan fingerprint density at radius 1 is 1.44 bits per heavy atom. The molecule has 18 heavy (non-hydrogen) atoms. The second-order valence-electron chi connectivity index (χ2n) is 6.47. The van der Waals surface area contributed by atoms with E-state index in [0.717, 1.165) is 6.42 Å². The lowest BCUT2D eigenvalue weighted by molar-refractivity contribution is 0.0518. The van der Waals surface area contributed by atoms with E-state index in [1.54, 1.807) is 0 Å². The van der Waals surface area contributed by atoms with Gasteiger partial charge in [-0.2, -0.15) is 5.26 Å². The van der Waals surface area contributed by atoms with Gasteiger partial charge in [0.2, 0.25) is 0 Å². The van der Waals surface area contributed by atoms with Crippen LogP contribution in [0.25, 0.3) is 0 Å². The third kappa shape index (κ3) is 2.95. The maximum atomic E-state index is 11.7. The van der Waals surface area contributed by atoms with Gasteiger partial charge in [0.1, 0.15) is 5.60 Å². The zero-order valence-corrected chi connectivity index (χ0v) is 11.4. The highest BCUT2D eigenvalue weighted by Gasteiger charge is 2.56. The van der Waals surface area contributed by atoms with Crippen LogP contribution in [0.1, 0.15) is 46.5 Å². The first kappa shape index (κ1) is 13.2. The van der Waals surface area contributed by atoms with Gasteiger partial charge in [0.25, 0.3) is 0 Å². The summed E-state index contributed by atoms with van der Waals surface area (Å²) in [5.74, 6) is 1.55. The Bertz CT molecular complexity index is 367. The molecular weight excluding hydrogens is 228 g/mol. The van der Waals surface area contributed by atoms with Crippen molar-refractivity contribution in [2.75, 3.05) is 0 Å². The van der Waals surface area contributed by atoms with Gasteiger partial charge < -0.3 is 10.1 Å². The van der Waals surface area contributed by atoms with E-state index >= 15 is 0 Å². The van der Waals surface area contributed by atoms with Crippen LogP contribution in [0.2, 0.25) is 0 Å². The predicted molar refractivity (Wildman–Crippen MR) is 67.7 cm³/mol. The van der Waals surface area contributed by atoms with Crippen molar-refractivity contribution in [1.29, 1.82) is 5.26 Å². The van der Waals surface area contributed by atoms with Crippen molar-refractivity contribution in [3.63, 3.8) is 0 Å². The Kier molecular flexibility index (Phi) is 3.52. The first-order chi connectivity index (χ1) is 8.42. The number of hydrogen-bond donors (Lipinski definition) is 1. The SMILES string of the molecule is CC(C)(C)OC(=O)NC1C2CCCC(CC#N)C21. The smallest absolute Gasteiger partial charge is 0.407 e. The minimum absolute atomic E-state index is 0.237. The number of nitrogens with one attached hydrogen (secondary N) is 1. The van der Waals surface area contributed by atoms with E-state index in [-0.39, 0.29) is 12.1 Å². The standard InChI is InChI=1S/C14H22N2O2/c1-14(2,3)18-13(17)16-12-10-6-4-5-9(7-8-15)11(10)12/h9-12H,4-7H2,1-3H3,(H,16,17). The Morgan fingerprint density at radius 2 is 2.17 bits per heavy atom. The van der Waals surface area contributed by atoms with E-state index < -0.39 is 5.60 Å². The van der Waals surface area contributed by atoms with Crippen LogP contribution < -0.4 is 5.32 Å². The summed E-state index contributed by atoms with van der Waals surface area (Å²) in [5, 5.41) is 11.8. The molecule has 2 aliphatic carbocycles. The molecule has 4 atom stereocenters. The molecule has 4 unspecified atom stereocenters. The molecule has 0 saturated heterocycles. The summed E-state index contributed by atoms with van der Waals surface area (Å²) < 4.78 is 5.27. The summed E-state index contributed by atoms with van der Waals surface area (Å²) in [6.07, 6.45) is 3.78. The van der Waals surface area contributed by atoms with Gasteiger partial charge in [-0.3, -0.25) is 0 Å². The van der Waals surface area contributed by atoms with Gasteiger partial charge in [-0.15, -0.1) is 0 Å². The molecule has 0 radical (unpaired) electrons. The Hall–Kier alpha value is -1.24. The summed E-state index contributed by atoms with van der Waals surface area (Å²) in [6.45, 7) is 5.60. The Balaban J connectivity index is 1.85. The second-order valence-corrected chi connectivity index (χ2v) is 6.47. The molecule has 2 saturated carbocycles. The molecule has 0 bridgehead atoms. The molecule has 2 aliphatic rings. The minimum Gasteiger partial charge on any atom is -0.444 e. The number of nitriles is 1. The maximum absolute atomic E-state index is 11.7. The molecule has 0 aliphatic heterocycles. The van der Waals surface area contributed by atoms with Crippen LogP contribution in [0, 0.1) is 29.1 Å². The van der Waals surface area contributed by atoms with Crippen molar-refractivity contribution in [3.8, 4) is 6.07 Å². The minimum atomic E-state index is -0.448. The number of ether oxygens (including phenoxy) is 1. The van der Waals surface area contributed by atoms with Crippen molar-refractivity contribution in [3.05, 3.63) is 0 Å². The van der Waals surface area contributed by atoms with Crippen LogP contribution >= 0.6 is 0 Å². The van der Waals surface area contributed by atoms with Gasteiger partial charge >= 0.3 is 6.09 Å². The molecule has 4 nitrogen and oxygen atoms in total. The summed E-state index contributed by atoms with van der Waals surface area (Å²) >= 11 is 0. The topological polar surface area (TPSA) is 62.1 Å². The van der Waals surface area contributed by atoms with Crippen molar-refractivity contribution in [1.82, 2.24) is 5.32 Å². The molecule has 0 aromatic rings. The normalized spacial score (nSPS) is 34.1. The number of rotatable bonds is 2. The number of nitrogens with zero attached hydrogens (tertiary/aromatic N) is 1. The van der Waals surface area contributed by atoms with Crippen LogP contribution in [0.4, 0.5) is 4.79 Å². The van der Waals surface area contributed by atoms with Crippen LogP contribution in [-0.2, 0) is 4.74 Å². The van der Waals surface area contributed by atoms with Crippen LogP contribution in [-0.4, -0.2) is 17.7 Å². The monoisotopic (exact) mass is 250 g/mol. The van der Waals surface area contributed by atoms with Crippen molar-refractivity contribution >= 4 is 6.09 Å². The van der Waals surface area contributed by atoms with E-state index in [2.05, 4.69) is 11.4 Å². The Labute approximate surface area is 109 Å². The third-order valence-corrected chi connectivity index (χ3v) is 3.92. The van der Waals surface area contributed by atoms with E-state index in [0.29, 0.717) is 24.2 Å². The number of fused-ring (bicyclic) bond motifs is 1. The molecule has 2 fully saturated rings. The lowest BCUT2D eigenvalue weighted by Crippen LogP contribution is -2.35. The zero-order chi connectivity index (χ0) is 13.3. The van der Waals surface area contributed by atoms with Gasteiger partial charge in [0.05, 0.1) is 6.07 Å². The molecule has 0 spiro atoms. The van der Waals surface area contributed by atoms with Gasteiger partial charge in [-0.1, -0.05) is 6.42 Å². The summed E-state index contributed by atoms with van der Waals surface area (Å²) in [5.41, 5.74) is -0.448. The lowest BCUT2D eigenvalue weighted by atomic mass is 9.87. The van der Waals surface area contributed by atoms with Crippen LogP contribution in [0.3, 0.4) is 0 Å². The quantitative estimate of drug-likeness (QED) is 0.819. The number of carbonyl (C=O) groups excluding carboxylic acids is 1. The highest BCUT2D eigenvalue weighted by molar-refractivity contribution is 5.68. The molecule has 0 heterocycles. The molecule has 1 N–H and O–H groups in total. The Morgan fingerprint density at radius 3 is 2.78 bits per heavy atom. The highest BCUT2D eigenvalue weighted by Crippen LogP contribution is 2.53. The van der Waals surface area contributed by atoms with E-state index in [1.165, 1.54) is 12.8 Å². The van der Waals surface area contributed by atoms with Gasteiger partial charge in [0, 0.05) is 12.5 Å². The summed E-state index contributed by atoms with van der Waals surface area (Å²) in [6, 6.07) is 2.50. The van der Waals surface area contributed by atoms with Crippen LogP contribution in [0.5, 0.6) is 0 Å². The lowest BCUT2D eigenvalue weighted by Gasteiger charge is -2.20. The molecule has 2 rings (SSSR count). The number of amides is 1. The van der Waals surface area contributed by atoms with Crippen molar-refractivity contribution in [2.45, 2.75) is 58.1 Å². The number of carbonyl (C=O) groups is 1. The predicted octanol–water partition coefficient (Wildman–Crippen LogP) is 2.84. The maximum Gasteiger partial charge on any atom is 0.407 e. The number of hydrogen-bond acceptors (Lipinski definition) is 3. The fraction of sp³-hybridized carbons (Fsp3) is 0.857. The second kappa shape index (κ2) is 4.79. The fourth-order valence-electron chi connectivity index (χ4n) is 3.23. The number of alkyl carbamates (subject to hydrolysis) is 1. The van der Waals surface area contributed by atoms with Gasteiger partial charge in [-0.25, -0.2) is 4.79 Å². The highest BCUT2D eigenvalue weighted by atomic mass is 16.6. The first-order valence-corrected chi connectivity index (χ1v) is 6.79. The first-order valence-electron chi connectivity index (χ1n) is 6.79. The van der Waals surface area contributed by atoms with Crippen molar-refractivity contribution < 1.29 is 9.53 Å². The summed E-state index contributed by atoms with van der Waals surface area (Å²) in [7, 11) is 0. The summed E-state index contributed by atoms with van der Waals surface area (Å²) in [4.78, 5) is 11.7. The molecule has 1 amide bonds. The molecule has 0 aromatic heterocycles. The average Bonchev–Trinajstić information content (AvgIpc) is 2.90. The van der Waals surface area contributed by atoms with Crippen molar-refractivity contribution in [2.24, 2.45) is 17.8 Å². The molecule has 0 aromatic carbocycles. The molecule has 4 heteroatoms. The van der Waals surface area contributed by atoms with E-state index in [9.17, 15) is 4.79 Å². The van der Waals surface area contributed by atoms with E-state index in [4.69, 9.17) is 10.00 Å². The van der Waals surface area contributed by atoms with Crippen LogP contribution in [0.15, 0.2) is 0 Å². The fourth-order valence-corrected chi connectivity index (χ4v) is 3.23.